The highest BCUT2D eigenvalue weighted by Gasteiger charge is 2.29. The van der Waals surface area contributed by atoms with Gasteiger partial charge in [0, 0.05) is 12.1 Å². The third-order valence-electron chi connectivity index (χ3n) is 3.44. The first-order valence-electron chi connectivity index (χ1n) is 6.70. The van der Waals surface area contributed by atoms with Crippen molar-refractivity contribution in [3.63, 3.8) is 0 Å². The Morgan fingerprint density at radius 1 is 1.33 bits per heavy atom. The summed E-state index contributed by atoms with van der Waals surface area (Å²) in [4.78, 5) is 0.112. The van der Waals surface area contributed by atoms with Crippen LogP contribution in [0.5, 0.6) is 0 Å². The van der Waals surface area contributed by atoms with Crippen molar-refractivity contribution in [2.75, 3.05) is 18.6 Å². The predicted octanol–water partition coefficient (Wildman–Crippen LogP) is 0.163. The van der Waals surface area contributed by atoms with Gasteiger partial charge in [-0.1, -0.05) is 0 Å². The summed E-state index contributed by atoms with van der Waals surface area (Å²) < 4.78 is 55.4. The molecule has 21 heavy (non-hydrogen) atoms. The highest BCUT2D eigenvalue weighted by atomic mass is 32.2. The smallest absolute Gasteiger partial charge is 0.244 e. The van der Waals surface area contributed by atoms with Gasteiger partial charge in [0.2, 0.25) is 10.0 Å². The van der Waals surface area contributed by atoms with E-state index in [1.165, 1.54) is 6.07 Å². The largest absolute Gasteiger partial charge is 0.464 e. The zero-order valence-electron chi connectivity index (χ0n) is 12.0. The molecule has 0 spiro atoms. The van der Waals surface area contributed by atoms with E-state index in [1.54, 1.807) is 14.0 Å². The lowest BCUT2D eigenvalue weighted by Crippen LogP contribution is -2.40. The molecule has 1 fully saturated rings. The fraction of sp³-hybridized carbons (Fsp3) is 0.667. The van der Waals surface area contributed by atoms with E-state index < -0.39 is 19.9 Å². The van der Waals surface area contributed by atoms with Crippen molar-refractivity contribution in [1.82, 2.24) is 10.0 Å². The van der Waals surface area contributed by atoms with Crippen LogP contribution in [0.4, 0.5) is 0 Å². The topological polar surface area (TPSA) is 105 Å². The predicted molar refractivity (Wildman–Crippen MR) is 78.2 cm³/mol. The molecule has 0 unspecified atom stereocenters. The van der Waals surface area contributed by atoms with Crippen molar-refractivity contribution in [1.29, 1.82) is 0 Å². The molecule has 2 rings (SSSR count). The van der Waals surface area contributed by atoms with Crippen LogP contribution in [-0.2, 0) is 26.4 Å². The van der Waals surface area contributed by atoms with Gasteiger partial charge >= 0.3 is 0 Å². The second-order valence-electron chi connectivity index (χ2n) is 5.21. The van der Waals surface area contributed by atoms with Crippen LogP contribution >= 0.6 is 0 Å². The van der Waals surface area contributed by atoms with Crippen LogP contribution in [-0.4, -0.2) is 41.4 Å². The summed E-state index contributed by atoms with van der Waals surface area (Å²) in [6, 6.07) is 1.15. The second-order valence-corrected chi connectivity index (χ2v) is 9.20. The van der Waals surface area contributed by atoms with Crippen molar-refractivity contribution in [3.05, 3.63) is 17.6 Å². The average Bonchev–Trinajstić information content (AvgIpc) is 2.74. The van der Waals surface area contributed by atoms with Gasteiger partial charge in [-0.25, -0.2) is 21.6 Å². The Morgan fingerprint density at radius 2 is 1.95 bits per heavy atom. The lowest BCUT2D eigenvalue weighted by molar-refractivity contribution is 0.464. The van der Waals surface area contributed by atoms with Gasteiger partial charge in [0.25, 0.3) is 0 Å². The van der Waals surface area contributed by atoms with E-state index in [4.69, 9.17) is 4.42 Å². The molecule has 1 saturated heterocycles. The summed E-state index contributed by atoms with van der Waals surface area (Å²) in [5.74, 6) is 0.920. The molecule has 7 nitrogen and oxygen atoms in total. The Kier molecular flexibility index (Phi) is 4.76. The van der Waals surface area contributed by atoms with E-state index in [0.717, 1.165) is 0 Å². The number of sulfonamides is 1. The minimum absolute atomic E-state index is 0.0234. The minimum atomic E-state index is -3.69. The third-order valence-corrected chi connectivity index (χ3v) is 6.78. The first-order chi connectivity index (χ1) is 9.73. The van der Waals surface area contributed by atoms with E-state index in [0.29, 0.717) is 30.9 Å². The Balaban J connectivity index is 2.12. The van der Waals surface area contributed by atoms with Crippen LogP contribution in [0.25, 0.3) is 0 Å². The summed E-state index contributed by atoms with van der Waals surface area (Å²) in [5.41, 5.74) is 0. The quantitative estimate of drug-likeness (QED) is 0.794. The highest BCUT2D eigenvalue weighted by Crippen LogP contribution is 2.22. The Morgan fingerprint density at radius 3 is 2.52 bits per heavy atom. The highest BCUT2D eigenvalue weighted by molar-refractivity contribution is 7.91. The van der Waals surface area contributed by atoms with E-state index >= 15 is 0 Å². The standard InChI is InChI=1S/C12H20N2O5S2/c1-9-12(7-11(19-9)8-13-2)21(17,18)14-10-3-5-20(15,16)6-4-10/h7,10,13-14H,3-6,8H2,1-2H3. The summed E-state index contributed by atoms with van der Waals surface area (Å²) in [7, 11) is -4.96. The molecule has 0 amide bonds. The summed E-state index contributed by atoms with van der Waals surface area (Å²) in [6.07, 6.45) is 0.615. The molecular weight excluding hydrogens is 316 g/mol. The summed E-state index contributed by atoms with van der Waals surface area (Å²) in [6.45, 7) is 2.04. The van der Waals surface area contributed by atoms with Crippen molar-refractivity contribution < 1.29 is 21.3 Å². The normalized spacial score (nSPS) is 19.7. The monoisotopic (exact) mass is 336 g/mol. The van der Waals surface area contributed by atoms with Crippen LogP contribution in [0.15, 0.2) is 15.4 Å². The Bertz CT molecular complexity index is 692. The van der Waals surface area contributed by atoms with Crippen molar-refractivity contribution in [3.8, 4) is 0 Å². The number of hydrogen-bond acceptors (Lipinski definition) is 6. The van der Waals surface area contributed by atoms with Crippen LogP contribution < -0.4 is 10.0 Å². The van der Waals surface area contributed by atoms with Crippen LogP contribution in [0.2, 0.25) is 0 Å². The molecule has 0 atom stereocenters. The number of furan rings is 1. The van der Waals surface area contributed by atoms with E-state index in [-0.39, 0.29) is 22.4 Å². The van der Waals surface area contributed by atoms with Gasteiger partial charge in [-0.2, -0.15) is 0 Å². The summed E-state index contributed by atoms with van der Waals surface area (Å²) >= 11 is 0. The number of sulfone groups is 1. The minimum Gasteiger partial charge on any atom is -0.464 e. The zero-order chi connectivity index (χ0) is 15.7. The lowest BCUT2D eigenvalue weighted by atomic mass is 10.2. The van der Waals surface area contributed by atoms with E-state index in [1.807, 2.05) is 0 Å². The van der Waals surface area contributed by atoms with Crippen LogP contribution in [0.3, 0.4) is 0 Å². The first kappa shape index (κ1) is 16.5. The van der Waals surface area contributed by atoms with Gasteiger partial charge in [0.15, 0.2) is 0 Å². The van der Waals surface area contributed by atoms with Crippen molar-refractivity contribution in [2.45, 2.75) is 37.2 Å². The molecule has 0 radical (unpaired) electrons. The van der Waals surface area contributed by atoms with E-state index in [9.17, 15) is 16.8 Å². The molecule has 1 aliphatic heterocycles. The molecule has 1 aliphatic rings. The van der Waals surface area contributed by atoms with Gasteiger partial charge in [-0.15, -0.1) is 0 Å². The number of aryl methyl sites for hydroxylation is 1. The average molecular weight is 336 g/mol. The Labute approximate surface area is 125 Å². The molecule has 1 aromatic rings. The molecule has 2 heterocycles. The molecule has 1 aromatic heterocycles. The fourth-order valence-corrected chi connectivity index (χ4v) is 5.34. The van der Waals surface area contributed by atoms with Crippen molar-refractivity contribution >= 4 is 19.9 Å². The van der Waals surface area contributed by atoms with Gasteiger partial charge in [0.1, 0.15) is 26.3 Å². The lowest BCUT2D eigenvalue weighted by Gasteiger charge is -2.22. The van der Waals surface area contributed by atoms with Crippen molar-refractivity contribution in [2.24, 2.45) is 0 Å². The van der Waals surface area contributed by atoms with Gasteiger partial charge in [0.05, 0.1) is 18.1 Å². The molecule has 0 bridgehead atoms. The summed E-state index contributed by atoms with van der Waals surface area (Å²) in [5, 5.41) is 2.89. The second kappa shape index (κ2) is 6.07. The fourth-order valence-electron chi connectivity index (χ4n) is 2.34. The maximum atomic E-state index is 12.4. The van der Waals surface area contributed by atoms with Gasteiger partial charge < -0.3 is 9.73 Å². The van der Waals surface area contributed by atoms with E-state index in [2.05, 4.69) is 10.0 Å². The number of hydrogen-bond donors (Lipinski definition) is 2. The molecule has 120 valence electrons. The maximum Gasteiger partial charge on any atom is 0.244 e. The first-order valence-corrected chi connectivity index (χ1v) is 10.0. The SMILES string of the molecule is CNCc1cc(S(=O)(=O)NC2CCS(=O)(=O)CC2)c(C)o1. The zero-order valence-corrected chi connectivity index (χ0v) is 13.7. The van der Waals surface area contributed by atoms with Gasteiger partial charge in [-0.05, 0) is 26.8 Å². The molecule has 2 N–H and O–H groups in total. The third kappa shape index (κ3) is 4.06. The van der Waals surface area contributed by atoms with Crippen LogP contribution in [0.1, 0.15) is 24.4 Å². The number of nitrogens with one attached hydrogen (secondary N) is 2. The Hall–Kier alpha value is -0.900. The maximum absolute atomic E-state index is 12.4. The molecule has 0 aliphatic carbocycles. The molecule has 0 saturated carbocycles. The molecule has 0 aromatic carbocycles. The van der Waals surface area contributed by atoms with Gasteiger partial charge in [-0.3, -0.25) is 0 Å². The number of rotatable bonds is 5. The molecule has 9 heteroatoms. The molecular formula is C12H20N2O5S2. The van der Waals surface area contributed by atoms with Crippen LogP contribution in [0, 0.1) is 6.92 Å².